The molecule has 0 fully saturated rings. The lowest BCUT2D eigenvalue weighted by atomic mass is 9.94. The van der Waals surface area contributed by atoms with Crippen LogP contribution in [0, 0.1) is 0 Å². The van der Waals surface area contributed by atoms with Crippen LogP contribution in [0.25, 0.3) is 11.1 Å². The summed E-state index contributed by atoms with van der Waals surface area (Å²) in [5, 5.41) is 11.7. The largest absolute Gasteiger partial charge is 0.398 e. The van der Waals surface area contributed by atoms with E-state index in [1.165, 1.54) is 0 Å². The Balaban J connectivity index is 2.32. The maximum absolute atomic E-state index is 11.9. The van der Waals surface area contributed by atoms with Crippen molar-refractivity contribution < 1.29 is 14.7 Å². The number of hydrogen-bond donors (Lipinski definition) is 3. The van der Waals surface area contributed by atoms with Crippen molar-refractivity contribution in [3.05, 3.63) is 51.5 Å². The van der Waals surface area contributed by atoms with E-state index in [9.17, 15) is 14.7 Å². The molecule has 0 spiro atoms. The number of benzene rings is 2. The lowest BCUT2D eigenvalue weighted by Crippen LogP contribution is -2.20. The van der Waals surface area contributed by atoms with Crippen LogP contribution in [0.4, 0.5) is 5.69 Å². The summed E-state index contributed by atoms with van der Waals surface area (Å²) < 4.78 is 0.498. The summed E-state index contributed by atoms with van der Waals surface area (Å²) in [4.78, 5) is 23.7. The van der Waals surface area contributed by atoms with E-state index in [1.807, 2.05) is 18.2 Å². The third-order valence-electron chi connectivity index (χ3n) is 3.48. The number of rotatable bonds is 2. The van der Waals surface area contributed by atoms with Crippen LogP contribution in [0.2, 0.25) is 0 Å². The van der Waals surface area contributed by atoms with Gasteiger partial charge in [-0.25, -0.2) is 0 Å². The highest BCUT2D eigenvalue weighted by atomic mass is 79.9. The van der Waals surface area contributed by atoms with Crippen molar-refractivity contribution in [1.29, 1.82) is 0 Å². The predicted octanol–water partition coefficient (Wildman–Crippen LogP) is 2.07. The molecule has 1 heterocycles. The molecule has 0 bridgehead atoms. The molecule has 0 radical (unpaired) electrons. The van der Waals surface area contributed by atoms with Crippen LogP contribution in [-0.4, -0.2) is 16.9 Å². The minimum Gasteiger partial charge on any atom is -0.398 e. The molecule has 0 saturated carbocycles. The molecule has 0 unspecified atom stereocenters. The van der Waals surface area contributed by atoms with Crippen LogP contribution in [0.3, 0.4) is 0 Å². The Morgan fingerprint density at radius 3 is 2.48 bits per heavy atom. The molecule has 2 amide bonds. The van der Waals surface area contributed by atoms with Gasteiger partial charge in [0.05, 0.1) is 23.4 Å². The number of hydrogen-bond acceptors (Lipinski definition) is 4. The molecule has 2 aromatic rings. The summed E-state index contributed by atoms with van der Waals surface area (Å²) in [6.45, 7) is -0.143. The highest BCUT2D eigenvalue weighted by molar-refractivity contribution is 9.10. The third-order valence-corrected chi connectivity index (χ3v) is 4.10. The Hall–Kier alpha value is -2.18. The monoisotopic (exact) mass is 346 g/mol. The molecule has 2 aromatic carbocycles. The predicted molar refractivity (Wildman–Crippen MR) is 81.7 cm³/mol. The van der Waals surface area contributed by atoms with Gasteiger partial charge in [-0.15, -0.1) is 0 Å². The third kappa shape index (κ3) is 2.03. The number of fused-ring (bicyclic) bond motifs is 1. The van der Waals surface area contributed by atoms with E-state index in [-0.39, 0.29) is 23.4 Å². The number of carbonyl (C=O) groups is 2. The Morgan fingerprint density at radius 1 is 1.10 bits per heavy atom. The number of nitrogens with two attached hydrogens (primary N) is 1. The molecule has 5 nitrogen and oxygen atoms in total. The fourth-order valence-corrected chi connectivity index (χ4v) is 3.10. The number of nitrogen functional groups attached to an aromatic ring is 1. The van der Waals surface area contributed by atoms with Gasteiger partial charge in [0.2, 0.25) is 0 Å². The van der Waals surface area contributed by atoms with Gasteiger partial charge in [-0.1, -0.05) is 24.3 Å². The lowest BCUT2D eigenvalue weighted by molar-refractivity contribution is 0.0879. The van der Waals surface area contributed by atoms with Crippen molar-refractivity contribution in [3.63, 3.8) is 0 Å². The van der Waals surface area contributed by atoms with E-state index in [4.69, 9.17) is 5.73 Å². The van der Waals surface area contributed by atoms with Crippen molar-refractivity contribution in [2.75, 3.05) is 5.73 Å². The first-order valence-corrected chi connectivity index (χ1v) is 7.00. The van der Waals surface area contributed by atoms with Crippen molar-refractivity contribution in [3.8, 4) is 11.1 Å². The molecule has 6 heteroatoms. The Labute approximate surface area is 128 Å². The van der Waals surface area contributed by atoms with Gasteiger partial charge in [0.25, 0.3) is 11.8 Å². The van der Waals surface area contributed by atoms with Gasteiger partial charge in [0.1, 0.15) is 0 Å². The molecule has 0 aliphatic carbocycles. The summed E-state index contributed by atoms with van der Waals surface area (Å²) in [6.07, 6.45) is 0. The fourth-order valence-electron chi connectivity index (χ4n) is 2.50. The molecular weight excluding hydrogens is 336 g/mol. The first-order valence-electron chi connectivity index (χ1n) is 6.21. The van der Waals surface area contributed by atoms with E-state index >= 15 is 0 Å². The molecule has 0 atom stereocenters. The average Bonchev–Trinajstić information content (AvgIpc) is 2.78. The van der Waals surface area contributed by atoms with Gasteiger partial charge in [-0.05, 0) is 33.1 Å². The zero-order valence-electron chi connectivity index (χ0n) is 10.8. The highest BCUT2D eigenvalue weighted by Crippen LogP contribution is 2.38. The minimum absolute atomic E-state index is 0.143. The molecule has 3 rings (SSSR count). The summed E-state index contributed by atoms with van der Waals surface area (Å²) in [6, 6.07) is 8.91. The van der Waals surface area contributed by atoms with Crippen LogP contribution >= 0.6 is 15.9 Å². The second-order valence-corrected chi connectivity index (χ2v) is 5.52. The quantitative estimate of drug-likeness (QED) is 0.573. The van der Waals surface area contributed by atoms with Crippen LogP contribution in [0.1, 0.15) is 26.3 Å². The maximum Gasteiger partial charge on any atom is 0.261 e. The van der Waals surface area contributed by atoms with Crippen molar-refractivity contribution in [1.82, 2.24) is 5.32 Å². The van der Waals surface area contributed by atoms with Crippen LogP contribution in [-0.2, 0) is 6.61 Å². The lowest BCUT2D eigenvalue weighted by Gasteiger charge is -2.13. The summed E-state index contributed by atoms with van der Waals surface area (Å²) in [7, 11) is 0. The van der Waals surface area contributed by atoms with E-state index in [0.717, 1.165) is 5.56 Å². The second-order valence-electron chi connectivity index (χ2n) is 4.67. The number of carbonyl (C=O) groups excluding carboxylic acids is 2. The number of amides is 2. The average molecular weight is 347 g/mol. The normalized spacial score (nSPS) is 13.2. The molecule has 0 saturated heterocycles. The Bertz CT molecular complexity index is 787. The fraction of sp³-hybridized carbons (Fsp3) is 0.0667. The zero-order chi connectivity index (χ0) is 15.1. The maximum atomic E-state index is 11.9. The molecule has 1 aliphatic heterocycles. The van der Waals surface area contributed by atoms with Gasteiger partial charge >= 0.3 is 0 Å². The van der Waals surface area contributed by atoms with Crippen molar-refractivity contribution >= 4 is 33.4 Å². The molecule has 106 valence electrons. The van der Waals surface area contributed by atoms with E-state index in [1.54, 1.807) is 12.1 Å². The van der Waals surface area contributed by atoms with E-state index in [0.29, 0.717) is 15.6 Å². The Morgan fingerprint density at radius 2 is 1.76 bits per heavy atom. The first-order chi connectivity index (χ1) is 10.0. The SMILES string of the molecule is Nc1c(-c2ccccc2CO)cc(Br)c2c1C(=O)NC2=O. The van der Waals surface area contributed by atoms with Gasteiger partial charge in [0, 0.05) is 10.0 Å². The van der Waals surface area contributed by atoms with Gasteiger partial charge in [0.15, 0.2) is 0 Å². The first kappa shape index (κ1) is 13.8. The van der Waals surface area contributed by atoms with E-state index in [2.05, 4.69) is 21.2 Å². The summed E-state index contributed by atoms with van der Waals surface area (Å²) in [5.41, 5.74) is 8.79. The van der Waals surface area contributed by atoms with Crippen molar-refractivity contribution in [2.45, 2.75) is 6.61 Å². The number of aliphatic hydroxyl groups excluding tert-OH is 1. The topological polar surface area (TPSA) is 92.4 Å². The van der Waals surface area contributed by atoms with E-state index < -0.39 is 11.8 Å². The number of imide groups is 1. The van der Waals surface area contributed by atoms with Crippen molar-refractivity contribution in [2.24, 2.45) is 0 Å². The molecule has 1 aliphatic rings. The van der Waals surface area contributed by atoms with Crippen LogP contribution in [0.15, 0.2) is 34.8 Å². The number of aliphatic hydroxyl groups is 1. The molecule has 0 aromatic heterocycles. The summed E-state index contributed by atoms with van der Waals surface area (Å²) >= 11 is 3.31. The van der Waals surface area contributed by atoms with Gasteiger partial charge in [-0.3, -0.25) is 14.9 Å². The molecule has 4 N–H and O–H groups in total. The number of anilines is 1. The molecule has 21 heavy (non-hydrogen) atoms. The second kappa shape index (κ2) is 4.98. The number of nitrogens with one attached hydrogen (secondary N) is 1. The number of halogens is 1. The smallest absolute Gasteiger partial charge is 0.261 e. The van der Waals surface area contributed by atoms with Crippen LogP contribution in [0.5, 0.6) is 0 Å². The zero-order valence-corrected chi connectivity index (χ0v) is 12.4. The highest BCUT2D eigenvalue weighted by Gasteiger charge is 2.33. The Kier molecular flexibility index (Phi) is 3.27. The van der Waals surface area contributed by atoms with Crippen LogP contribution < -0.4 is 11.1 Å². The van der Waals surface area contributed by atoms with Gasteiger partial charge in [-0.2, -0.15) is 0 Å². The molecular formula is C15H11BrN2O3. The van der Waals surface area contributed by atoms with Gasteiger partial charge < -0.3 is 10.8 Å². The standard InChI is InChI=1S/C15H11BrN2O3/c16-10-5-9(8-4-2-1-3-7(8)6-19)13(17)12-11(10)14(20)18-15(12)21/h1-5,19H,6,17H2,(H,18,20,21). The minimum atomic E-state index is -0.503. The summed E-state index contributed by atoms with van der Waals surface area (Å²) in [5.74, 6) is -0.966.